The molecule has 1 heterocycles. The molecule has 6 nitrogen and oxygen atoms in total. The predicted molar refractivity (Wildman–Crippen MR) is 92.8 cm³/mol. The monoisotopic (exact) mass is 349 g/mol. The Morgan fingerprint density at radius 3 is 2.68 bits per heavy atom. The minimum Gasteiger partial charge on any atom is -0.488 e. The molecule has 0 unspecified atom stereocenters. The van der Waals surface area contributed by atoms with Gasteiger partial charge in [0.1, 0.15) is 6.10 Å². The summed E-state index contributed by atoms with van der Waals surface area (Å²) in [5.74, 6) is -0.276. The van der Waals surface area contributed by atoms with Gasteiger partial charge in [-0.3, -0.25) is 0 Å². The summed E-state index contributed by atoms with van der Waals surface area (Å²) < 4.78 is 21.0. The number of benzene rings is 1. The molecule has 2 aromatic rings. The average molecular weight is 349 g/mol. The van der Waals surface area contributed by atoms with E-state index in [1.807, 2.05) is 33.2 Å². The lowest BCUT2D eigenvalue weighted by molar-refractivity contribution is 0.166. The van der Waals surface area contributed by atoms with Crippen molar-refractivity contribution in [2.75, 3.05) is 6.54 Å². The highest BCUT2D eigenvalue weighted by atomic mass is 19.1. The first-order valence-corrected chi connectivity index (χ1v) is 8.13. The molecule has 0 aliphatic carbocycles. The van der Waals surface area contributed by atoms with Crippen molar-refractivity contribution in [3.05, 3.63) is 53.6 Å². The van der Waals surface area contributed by atoms with Crippen molar-refractivity contribution in [1.29, 1.82) is 0 Å². The van der Waals surface area contributed by atoms with Crippen LogP contribution in [-0.2, 0) is 13.6 Å². The first kappa shape index (κ1) is 18.8. The summed E-state index contributed by atoms with van der Waals surface area (Å²) in [4.78, 5) is 11.8. The molecule has 7 heteroatoms. The average Bonchev–Trinajstić information content (AvgIpc) is 2.98. The van der Waals surface area contributed by atoms with Gasteiger partial charge in [0.15, 0.2) is 11.6 Å². The van der Waals surface area contributed by atoms with Gasteiger partial charge in [-0.25, -0.2) is 9.18 Å². The Hall–Kier alpha value is -2.54. The lowest BCUT2D eigenvalue weighted by Crippen LogP contribution is -2.37. The first-order valence-electron chi connectivity index (χ1n) is 8.13. The maximum atomic E-state index is 13.9. The summed E-state index contributed by atoms with van der Waals surface area (Å²) in [7, 11) is 1.82. The second-order valence-corrected chi connectivity index (χ2v) is 6.05. The molecule has 3 N–H and O–H groups in total. The summed E-state index contributed by atoms with van der Waals surface area (Å²) in [5, 5.41) is 15.3. The number of urea groups is 1. The van der Waals surface area contributed by atoms with Crippen molar-refractivity contribution in [3.8, 4) is 5.75 Å². The van der Waals surface area contributed by atoms with Gasteiger partial charge in [-0.2, -0.15) is 0 Å². The number of hydrogen-bond acceptors (Lipinski definition) is 3. The molecule has 0 saturated heterocycles. The van der Waals surface area contributed by atoms with Gasteiger partial charge in [0.05, 0.1) is 12.6 Å². The molecule has 0 bridgehead atoms. The van der Waals surface area contributed by atoms with Crippen LogP contribution in [0, 0.1) is 5.82 Å². The predicted octanol–water partition coefficient (Wildman–Crippen LogP) is 2.48. The van der Waals surface area contributed by atoms with Gasteiger partial charge >= 0.3 is 6.03 Å². The molecule has 0 radical (unpaired) electrons. The van der Waals surface area contributed by atoms with Crippen LogP contribution >= 0.6 is 0 Å². The lowest BCUT2D eigenvalue weighted by atomic mass is 10.2. The minimum atomic E-state index is -0.796. The minimum absolute atomic E-state index is 0.0826. The van der Waals surface area contributed by atoms with Crippen LogP contribution in [-0.4, -0.2) is 28.4 Å². The lowest BCUT2D eigenvalue weighted by Gasteiger charge is -2.14. The molecule has 0 saturated carbocycles. The molecular weight excluding hydrogens is 325 g/mol. The van der Waals surface area contributed by atoms with Crippen molar-refractivity contribution >= 4 is 6.03 Å². The van der Waals surface area contributed by atoms with Crippen molar-refractivity contribution in [1.82, 2.24) is 15.2 Å². The van der Waals surface area contributed by atoms with E-state index in [9.17, 15) is 14.3 Å². The van der Waals surface area contributed by atoms with E-state index in [1.54, 1.807) is 22.8 Å². The summed E-state index contributed by atoms with van der Waals surface area (Å²) in [6, 6.07) is 7.74. The maximum Gasteiger partial charge on any atom is 0.315 e. The number of amides is 2. The van der Waals surface area contributed by atoms with Crippen LogP contribution in [0.3, 0.4) is 0 Å². The highest BCUT2D eigenvalue weighted by molar-refractivity contribution is 5.73. The van der Waals surface area contributed by atoms with E-state index >= 15 is 0 Å². The molecule has 1 aromatic heterocycles. The van der Waals surface area contributed by atoms with E-state index < -0.39 is 18.0 Å². The van der Waals surface area contributed by atoms with E-state index in [1.165, 1.54) is 6.07 Å². The van der Waals surface area contributed by atoms with Crippen LogP contribution in [0.4, 0.5) is 9.18 Å². The summed E-state index contributed by atoms with van der Waals surface area (Å²) in [6.07, 6.45) is 0.912. The number of halogens is 1. The third kappa shape index (κ3) is 5.49. The zero-order valence-corrected chi connectivity index (χ0v) is 14.6. The normalized spacial score (nSPS) is 12.1. The Bertz CT molecular complexity index is 715. The largest absolute Gasteiger partial charge is 0.488 e. The van der Waals surface area contributed by atoms with Crippen LogP contribution in [0.25, 0.3) is 0 Å². The van der Waals surface area contributed by atoms with Crippen LogP contribution in [0.1, 0.15) is 31.2 Å². The van der Waals surface area contributed by atoms with E-state index in [-0.39, 0.29) is 24.9 Å². The van der Waals surface area contributed by atoms with Crippen LogP contribution in [0.15, 0.2) is 36.5 Å². The number of nitrogens with zero attached hydrogens (tertiary/aromatic N) is 1. The number of aryl methyl sites for hydroxylation is 1. The Morgan fingerprint density at radius 2 is 2.08 bits per heavy atom. The van der Waals surface area contributed by atoms with Gasteiger partial charge in [0.25, 0.3) is 0 Å². The first-order chi connectivity index (χ1) is 11.9. The molecule has 0 aliphatic heterocycles. The number of carbonyl (C=O) groups is 1. The van der Waals surface area contributed by atoms with E-state index in [0.29, 0.717) is 11.3 Å². The van der Waals surface area contributed by atoms with Crippen LogP contribution in [0.5, 0.6) is 5.75 Å². The Balaban J connectivity index is 1.80. The molecule has 1 atom stereocenters. The molecule has 2 amide bonds. The third-order valence-electron chi connectivity index (χ3n) is 3.59. The topological polar surface area (TPSA) is 75.5 Å². The fourth-order valence-electron chi connectivity index (χ4n) is 2.36. The number of carbonyl (C=O) groups excluding carboxylic acids is 1. The second-order valence-electron chi connectivity index (χ2n) is 6.05. The quantitative estimate of drug-likeness (QED) is 0.719. The third-order valence-corrected chi connectivity index (χ3v) is 3.59. The number of ether oxygens (including phenoxy) is 1. The number of aliphatic hydroxyl groups excluding tert-OH is 1. The number of nitrogens with one attached hydrogen (secondary N) is 2. The molecule has 136 valence electrons. The van der Waals surface area contributed by atoms with Gasteiger partial charge in [-0.1, -0.05) is 6.07 Å². The fraction of sp³-hybridized carbons (Fsp3) is 0.389. The number of hydrogen-bond donors (Lipinski definition) is 3. The van der Waals surface area contributed by atoms with Crippen LogP contribution < -0.4 is 15.4 Å². The van der Waals surface area contributed by atoms with Gasteiger partial charge < -0.3 is 25.0 Å². The van der Waals surface area contributed by atoms with E-state index in [2.05, 4.69) is 10.6 Å². The van der Waals surface area contributed by atoms with Crippen molar-refractivity contribution in [3.63, 3.8) is 0 Å². The van der Waals surface area contributed by atoms with Gasteiger partial charge in [-0.15, -0.1) is 0 Å². The van der Waals surface area contributed by atoms with Gasteiger partial charge in [-0.05, 0) is 43.7 Å². The second kappa shape index (κ2) is 8.53. The Kier molecular flexibility index (Phi) is 6.41. The molecule has 1 aromatic carbocycles. The zero-order chi connectivity index (χ0) is 18.4. The number of aliphatic hydroxyl groups is 1. The standard InChI is InChI=1S/C18H24FN3O3/c1-12(2)25-17-7-6-13(9-14(17)19)10-20-18(24)21-11-16(23)15-5-4-8-22(15)3/h4-9,12,16,23H,10-11H2,1-3H3,(H2,20,21,24)/t16-/m0/s1. The van der Waals surface area contributed by atoms with Gasteiger partial charge in [0.2, 0.25) is 0 Å². The summed E-state index contributed by atoms with van der Waals surface area (Å²) >= 11 is 0. The summed E-state index contributed by atoms with van der Waals surface area (Å²) in [6.45, 7) is 3.90. The molecule has 2 rings (SSSR count). The molecule has 0 spiro atoms. The number of aromatic nitrogens is 1. The SMILES string of the molecule is CC(C)Oc1ccc(CNC(=O)NC[C@H](O)c2cccn2C)cc1F. The molecule has 25 heavy (non-hydrogen) atoms. The smallest absolute Gasteiger partial charge is 0.315 e. The zero-order valence-electron chi connectivity index (χ0n) is 14.6. The van der Waals surface area contributed by atoms with Crippen molar-refractivity contribution in [2.24, 2.45) is 7.05 Å². The highest BCUT2D eigenvalue weighted by Crippen LogP contribution is 2.19. The van der Waals surface area contributed by atoms with Gasteiger partial charge in [0, 0.05) is 25.5 Å². The summed E-state index contributed by atoms with van der Waals surface area (Å²) in [5.41, 5.74) is 1.33. The Morgan fingerprint density at radius 1 is 1.32 bits per heavy atom. The molecule has 0 fully saturated rings. The fourth-order valence-corrected chi connectivity index (χ4v) is 2.36. The van der Waals surface area contributed by atoms with Crippen LogP contribution in [0.2, 0.25) is 0 Å². The number of rotatable bonds is 7. The van der Waals surface area contributed by atoms with Crippen molar-refractivity contribution in [2.45, 2.75) is 32.6 Å². The van der Waals surface area contributed by atoms with E-state index in [4.69, 9.17) is 4.74 Å². The Labute approximate surface area is 146 Å². The highest BCUT2D eigenvalue weighted by Gasteiger charge is 2.12. The molecular formula is C18H24FN3O3. The molecule has 0 aliphatic rings. The van der Waals surface area contributed by atoms with Crippen molar-refractivity contribution < 1.29 is 19.0 Å². The van der Waals surface area contributed by atoms with E-state index in [0.717, 1.165) is 0 Å². The maximum absolute atomic E-state index is 13.9.